The molecule has 0 N–H and O–H groups in total. The van der Waals surface area contributed by atoms with E-state index in [2.05, 4.69) is 11.8 Å². The number of nitrogens with zero attached hydrogens (tertiary/aromatic N) is 2. The molecule has 1 aliphatic rings. The van der Waals surface area contributed by atoms with Crippen LogP contribution in [-0.4, -0.2) is 54.4 Å². The maximum Gasteiger partial charge on any atom is 0.193 e. The minimum atomic E-state index is -1.13. The first-order valence-electron chi connectivity index (χ1n) is 10.3. The summed E-state index contributed by atoms with van der Waals surface area (Å²) in [5.41, 5.74) is 2.13. The summed E-state index contributed by atoms with van der Waals surface area (Å²) in [5, 5.41) is 12.0. The molecule has 0 saturated carbocycles. The normalized spacial score (nSPS) is 19.7. The quantitative estimate of drug-likeness (QED) is 0.679. The second-order valence-electron chi connectivity index (χ2n) is 7.85. The first-order chi connectivity index (χ1) is 14.0. The van der Waals surface area contributed by atoms with Crippen molar-refractivity contribution in [3.8, 4) is 0 Å². The van der Waals surface area contributed by atoms with Crippen LogP contribution in [-0.2, 0) is 6.42 Å². The Balaban J connectivity index is 1.79. The van der Waals surface area contributed by atoms with Gasteiger partial charge >= 0.3 is 0 Å². The maximum absolute atomic E-state index is 12.9. The monoisotopic (exact) mass is 393 g/mol. The van der Waals surface area contributed by atoms with Crippen LogP contribution in [0.5, 0.6) is 0 Å². The van der Waals surface area contributed by atoms with E-state index < -0.39 is 6.09 Å². The summed E-state index contributed by atoms with van der Waals surface area (Å²) in [6.07, 6.45) is 1.30. The van der Waals surface area contributed by atoms with E-state index in [-0.39, 0.29) is 11.8 Å². The van der Waals surface area contributed by atoms with E-state index in [1.165, 1.54) is 4.90 Å². The highest BCUT2D eigenvalue weighted by Gasteiger charge is 2.31. The van der Waals surface area contributed by atoms with Crippen molar-refractivity contribution in [3.63, 3.8) is 0 Å². The van der Waals surface area contributed by atoms with Crippen LogP contribution in [0.4, 0.5) is 4.79 Å². The third-order valence-electron chi connectivity index (χ3n) is 6.00. The van der Waals surface area contributed by atoms with E-state index in [1.54, 1.807) is 12.1 Å². The lowest BCUT2D eigenvalue weighted by Gasteiger charge is -2.44. The molecule has 0 aromatic heterocycles. The maximum atomic E-state index is 12.9. The standard InChI is InChI=1S/C24H30N2O3/c1-3-18-13-15-25(2)17-22(18)26(24(28)29)16-14-19-9-7-8-12-21(19)23(27)20-10-5-4-6-11-20/h4-12,18,22H,3,13-17H2,1-2H3,(H,28,29)/p-1/t18?,22-/m0/s1. The Labute approximate surface area is 172 Å². The lowest BCUT2D eigenvalue weighted by molar-refractivity contribution is -0.269. The van der Waals surface area contributed by atoms with Gasteiger partial charge in [0.1, 0.15) is 6.09 Å². The largest absolute Gasteiger partial charge is 0.530 e. The van der Waals surface area contributed by atoms with E-state index in [0.717, 1.165) is 31.5 Å². The fraction of sp³-hybridized carbons (Fsp3) is 0.417. The van der Waals surface area contributed by atoms with E-state index in [1.807, 2.05) is 49.5 Å². The zero-order valence-electron chi connectivity index (χ0n) is 17.2. The van der Waals surface area contributed by atoms with Crippen LogP contribution in [0.15, 0.2) is 54.6 Å². The fourth-order valence-electron chi connectivity index (χ4n) is 4.31. The van der Waals surface area contributed by atoms with Crippen molar-refractivity contribution < 1.29 is 14.7 Å². The van der Waals surface area contributed by atoms with E-state index >= 15 is 0 Å². The Morgan fingerprint density at radius 1 is 1.10 bits per heavy atom. The third-order valence-corrected chi connectivity index (χ3v) is 6.00. The summed E-state index contributed by atoms with van der Waals surface area (Å²) >= 11 is 0. The molecule has 0 aliphatic carbocycles. The third kappa shape index (κ3) is 5.04. The molecule has 5 nitrogen and oxygen atoms in total. The van der Waals surface area contributed by atoms with Crippen LogP contribution in [0.3, 0.4) is 0 Å². The molecule has 1 unspecified atom stereocenters. The molecule has 5 heteroatoms. The fourth-order valence-corrected chi connectivity index (χ4v) is 4.31. The first kappa shape index (κ1) is 21.1. The van der Waals surface area contributed by atoms with Crippen LogP contribution in [0.25, 0.3) is 0 Å². The number of carbonyl (C=O) groups excluding carboxylic acids is 2. The molecule has 2 atom stereocenters. The Hall–Kier alpha value is -2.66. The Morgan fingerprint density at radius 3 is 2.48 bits per heavy atom. The summed E-state index contributed by atoms with van der Waals surface area (Å²) in [6.45, 7) is 4.15. The molecule has 3 rings (SSSR count). The average molecular weight is 394 g/mol. The highest BCUT2D eigenvalue weighted by atomic mass is 16.4. The Bertz CT molecular complexity index is 837. The zero-order chi connectivity index (χ0) is 20.8. The molecule has 1 aliphatic heterocycles. The molecule has 0 bridgehead atoms. The molecule has 2 aromatic rings. The van der Waals surface area contributed by atoms with Gasteiger partial charge in [0.05, 0.1) is 0 Å². The number of hydrogen-bond donors (Lipinski definition) is 0. The van der Waals surface area contributed by atoms with Crippen LogP contribution in [0.1, 0.15) is 41.3 Å². The molecule has 29 heavy (non-hydrogen) atoms. The van der Waals surface area contributed by atoms with Gasteiger partial charge in [-0.05, 0) is 37.9 Å². The lowest BCUT2D eigenvalue weighted by Crippen LogP contribution is -2.57. The second-order valence-corrected chi connectivity index (χ2v) is 7.85. The number of amides is 1. The minimum Gasteiger partial charge on any atom is -0.530 e. The molecule has 2 aromatic carbocycles. The van der Waals surface area contributed by atoms with Crippen LogP contribution >= 0.6 is 0 Å². The number of carbonyl (C=O) groups is 2. The van der Waals surface area contributed by atoms with E-state index in [4.69, 9.17) is 0 Å². The van der Waals surface area contributed by atoms with Crippen molar-refractivity contribution in [2.75, 3.05) is 26.7 Å². The molecule has 1 heterocycles. The molecule has 154 valence electrons. The van der Waals surface area contributed by atoms with E-state index in [0.29, 0.717) is 30.0 Å². The van der Waals surface area contributed by atoms with Gasteiger partial charge in [0.15, 0.2) is 5.78 Å². The molecule has 1 saturated heterocycles. The number of piperidine rings is 1. The van der Waals surface area contributed by atoms with Crippen molar-refractivity contribution >= 4 is 11.9 Å². The number of ketones is 1. The van der Waals surface area contributed by atoms with Gasteiger partial charge in [0.2, 0.25) is 0 Å². The van der Waals surface area contributed by atoms with E-state index in [9.17, 15) is 14.7 Å². The smallest absolute Gasteiger partial charge is 0.193 e. The first-order valence-corrected chi connectivity index (χ1v) is 10.3. The number of rotatable bonds is 7. The summed E-state index contributed by atoms with van der Waals surface area (Å²) in [7, 11) is 2.03. The van der Waals surface area contributed by atoms with Crippen molar-refractivity contribution in [2.45, 2.75) is 32.2 Å². The molecule has 1 fully saturated rings. The Morgan fingerprint density at radius 2 is 1.79 bits per heavy atom. The Kier molecular flexibility index (Phi) is 7.04. The highest BCUT2D eigenvalue weighted by Crippen LogP contribution is 2.25. The number of likely N-dealkylation sites (tertiary alicyclic amines) is 1. The number of likely N-dealkylation sites (N-methyl/N-ethyl adjacent to an activating group) is 1. The summed E-state index contributed by atoms with van der Waals surface area (Å²) in [4.78, 5) is 28.6. The van der Waals surface area contributed by atoms with Crippen molar-refractivity contribution in [1.82, 2.24) is 9.80 Å². The zero-order valence-corrected chi connectivity index (χ0v) is 17.2. The average Bonchev–Trinajstić information content (AvgIpc) is 2.74. The van der Waals surface area contributed by atoms with Gasteiger partial charge in [-0.25, -0.2) is 0 Å². The molecule has 0 spiro atoms. The van der Waals surface area contributed by atoms with Gasteiger partial charge in [-0.15, -0.1) is 0 Å². The summed E-state index contributed by atoms with van der Waals surface area (Å²) in [5.74, 6) is 0.301. The molecule has 1 amide bonds. The SMILES string of the molecule is CCC1CCN(C)C[C@@H]1N(CCc1ccccc1C(=O)c1ccccc1)C(=O)[O-]. The van der Waals surface area contributed by atoms with Gasteiger partial charge in [-0.1, -0.05) is 67.9 Å². The van der Waals surface area contributed by atoms with Gasteiger partial charge < -0.3 is 19.7 Å². The molecule has 0 radical (unpaired) electrons. The van der Waals surface area contributed by atoms with Crippen LogP contribution in [0.2, 0.25) is 0 Å². The van der Waals surface area contributed by atoms with Gasteiger partial charge in [0.25, 0.3) is 0 Å². The topological polar surface area (TPSA) is 63.7 Å². The predicted octanol–water partition coefficient (Wildman–Crippen LogP) is 2.84. The number of benzene rings is 2. The van der Waals surface area contributed by atoms with Crippen LogP contribution < -0.4 is 5.11 Å². The van der Waals surface area contributed by atoms with Crippen LogP contribution in [0, 0.1) is 5.92 Å². The minimum absolute atomic E-state index is 0.0370. The number of carboxylic acid groups (broad SMARTS) is 1. The van der Waals surface area contributed by atoms with Crippen molar-refractivity contribution in [3.05, 3.63) is 71.3 Å². The van der Waals surface area contributed by atoms with Crippen molar-refractivity contribution in [1.29, 1.82) is 0 Å². The predicted molar refractivity (Wildman–Crippen MR) is 112 cm³/mol. The lowest BCUT2D eigenvalue weighted by atomic mass is 9.88. The van der Waals surface area contributed by atoms with Crippen molar-refractivity contribution in [2.24, 2.45) is 5.92 Å². The number of hydrogen-bond acceptors (Lipinski definition) is 4. The van der Waals surface area contributed by atoms with Gasteiger partial charge in [0, 0.05) is 30.3 Å². The van der Waals surface area contributed by atoms with Gasteiger partial charge in [-0.2, -0.15) is 0 Å². The van der Waals surface area contributed by atoms with Gasteiger partial charge in [-0.3, -0.25) is 4.79 Å². The second kappa shape index (κ2) is 9.70. The summed E-state index contributed by atoms with van der Waals surface area (Å²) < 4.78 is 0. The molecular weight excluding hydrogens is 364 g/mol. The highest BCUT2D eigenvalue weighted by molar-refractivity contribution is 6.09. The summed E-state index contributed by atoms with van der Waals surface area (Å²) in [6, 6.07) is 16.6. The molecular formula is C24H29N2O3-.